The standard InChI is InChI=1S/C17H16F2N2O2S/c18-12-3-4-14(13(19)10-12)20-16(22)11-5-7-21(8-6-11)17(23)15-2-1-9-24-15/h1-4,9-11H,5-8H2,(H,20,22). The van der Waals surface area contributed by atoms with Gasteiger partial charge in [0, 0.05) is 25.1 Å². The molecule has 1 aromatic heterocycles. The van der Waals surface area contributed by atoms with Crippen molar-refractivity contribution in [2.24, 2.45) is 5.92 Å². The summed E-state index contributed by atoms with van der Waals surface area (Å²) < 4.78 is 26.5. The fourth-order valence-corrected chi connectivity index (χ4v) is 3.42. The Morgan fingerprint density at radius 2 is 1.92 bits per heavy atom. The second-order valence-corrected chi connectivity index (χ2v) is 6.60. The van der Waals surface area contributed by atoms with E-state index in [0.29, 0.717) is 30.8 Å². The number of halogens is 2. The molecular weight excluding hydrogens is 334 g/mol. The van der Waals surface area contributed by atoms with Gasteiger partial charge in [0.1, 0.15) is 11.6 Å². The predicted molar refractivity (Wildman–Crippen MR) is 87.9 cm³/mol. The van der Waals surface area contributed by atoms with Crippen molar-refractivity contribution in [2.75, 3.05) is 18.4 Å². The normalized spacial score (nSPS) is 15.3. The summed E-state index contributed by atoms with van der Waals surface area (Å²) in [6.45, 7) is 0.974. The summed E-state index contributed by atoms with van der Waals surface area (Å²) in [5, 5.41) is 4.35. The van der Waals surface area contributed by atoms with Crippen LogP contribution in [-0.2, 0) is 4.79 Å². The molecule has 1 fully saturated rings. The molecule has 2 aromatic rings. The van der Waals surface area contributed by atoms with E-state index in [-0.39, 0.29) is 23.4 Å². The summed E-state index contributed by atoms with van der Waals surface area (Å²) in [5.41, 5.74) is -0.0292. The van der Waals surface area contributed by atoms with E-state index in [1.54, 1.807) is 11.0 Å². The van der Waals surface area contributed by atoms with Gasteiger partial charge in [0.05, 0.1) is 10.6 Å². The topological polar surface area (TPSA) is 49.4 Å². The number of piperidine rings is 1. The zero-order valence-electron chi connectivity index (χ0n) is 12.8. The molecule has 24 heavy (non-hydrogen) atoms. The highest BCUT2D eigenvalue weighted by Gasteiger charge is 2.28. The van der Waals surface area contributed by atoms with Crippen LogP contribution in [0.4, 0.5) is 14.5 Å². The van der Waals surface area contributed by atoms with Crippen LogP contribution in [-0.4, -0.2) is 29.8 Å². The first kappa shape index (κ1) is 16.6. The molecule has 7 heteroatoms. The van der Waals surface area contributed by atoms with Crippen molar-refractivity contribution in [1.82, 2.24) is 4.90 Å². The number of benzene rings is 1. The molecule has 2 amide bonds. The number of likely N-dealkylation sites (tertiary alicyclic amines) is 1. The van der Waals surface area contributed by atoms with E-state index < -0.39 is 11.6 Å². The largest absolute Gasteiger partial charge is 0.338 e. The number of nitrogens with one attached hydrogen (secondary N) is 1. The molecule has 0 radical (unpaired) electrons. The number of carbonyl (C=O) groups excluding carboxylic acids is 2. The number of rotatable bonds is 3. The van der Waals surface area contributed by atoms with Gasteiger partial charge in [-0.15, -0.1) is 11.3 Å². The lowest BCUT2D eigenvalue weighted by atomic mass is 9.95. The molecule has 1 aliphatic heterocycles. The Kier molecular flexibility index (Phi) is 4.89. The van der Waals surface area contributed by atoms with Crippen LogP contribution in [0.15, 0.2) is 35.7 Å². The van der Waals surface area contributed by atoms with Crippen molar-refractivity contribution in [3.8, 4) is 0 Å². The Labute approximate surface area is 142 Å². The van der Waals surface area contributed by atoms with Gasteiger partial charge in [0.15, 0.2) is 0 Å². The van der Waals surface area contributed by atoms with Gasteiger partial charge in [-0.2, -0.15) is 0 Å². The van der Waals surface area contributed by atoms with Crippen molar-refractivity contribution < 1.29 is 18.4 Å². The van der Waals surface area contributed by atoms with Crippen molar-refractivity contribution in [1.29, 1.82) is 0 Å². The molecule has 0 unspecified atom stereocenters. The number of carbonyl (C=O) groups is 2. The Balaban J connectivity index is 1.56. The van der Waals surface area contributed by atoms with E-state index in [0.717, 1.165) is 12.1 Å². The minimum Gasteiger partial charge on any atom is -0.338 e. The fourth-order valence-electron chi connectivity index (χ4n) is 2.73. The molecule has 0 atom stereocenters. The second-order valence-electron chi connectivity index (χ2n) is 5.66. The van der Waals surface area contributed by atoms with Gasteiger partial charge >= 0.3 is 0 Å². The van der Waals surface area contributed by atoms with Crippen molar-refractivity contribution >= 4 is 28.8 Å². The minimum atomic E-state index is -0.798. The quantitative estimate of drug-likeness (QED) is 0.921. The molecule has 126 valence electrons. The summed E-state index contributed by atoms with van der Waals surface area (Å²) in [6.07, 6.45) is 1.04. The summed E-state index contributed by atoms with van der Waals surface area (Å²) in [4.78, 5) is 26.9. The summed E-state index contributed by atoms with van der Waals surface area (Å²) >= 11 is 1.39. The lowest BCUT2D eigenvalue weighted by Crippen LogP contribution is -2.41. The Bertz CT molecular complexity index is 741. The van der Waals surface area contributed by atoms with E-state index in [9.17, 15) is 18.4 Å². The Morgan fingerprint density at radius 3 is 2.54 bits per heavy atom. The molecule has 0 aliphatic carbocycles. The SMILES string of the molecule is O=C(Nc1ccc(F)cc1F)C1CCN(C(=O)c2cccs2)CC1. The van der Waals surface area contributed by atoms with Crippen LogP contribution in [0, 0.1) is 17.6 Å². The molecule has 0 bridgehead atoms. The number of nitrogens with zero attached hydrogens (tertiary/aromatic N) is 1. The Morgan fingerprint density at radius 1 is 1.17 bits per heavy atom. The zero-order valence-corrected chi connectivity index (χ0v) is 13.6. The molecule has 1 aliphatic rings. The van der Waals surface area contributed by atoms with Crippen LogP contribution < -0.4 is 5.32 Å². The fraction of sp³-hybridized carbons (Fsp3) is 0.294. The maximum atomic E-state index is 13.6. The second kappa shape index (κ2) is 7.09. The molecule has 1 aromatic carbocycles. The van der Waals surface area contributed by atoms with Gasteiger partial charge in [-0.3, -0.25) is 9.59 Å². The highest BCUT2D eigenvalue weighted by Crippen LogP contribution is 2.23. The molecule has 2 heterocycles. The monoisotopic (exact) mass is 350 g/mol. The van der Waals surface area contributed by atoms with Gasteiger partial charge in [-0.05, 0) is 36.4 Å². The molecule has 1 N–H and O–H groups in total. The first-order valence-corrected chi connectivity index (χ1v) is 8.51. The maximum absolute atomic E-state index is 13.6. The summed E-state index contributed by atoms with van der Waals surface area (Å²) in [6, 6.07) is 6.65. The zero-order chi connectivity index (χ0) is 17.1. The highest BCUT2D eigenvalue weighted by molar-refractivity contribution is 7.12. The molecule has 0 saturated carbocycles. The minimum absolute atomic E-state index is 0.0200. The van der Waals surface area contributed by atoms with E-state index in [1.165, 1.54) is 17.4 Å². The van der Waals surface area contributed by atoms with Crippen molar-refractivity contribution in [2.45, 2.75) is 12.8 Å². The van der Waals surface area contributed by atoms with Gasteiger partial charge in [-0.25, -0.2) is 8.78 Å². The molecule has 3 rings (SSSR count). The van der Waals surface area contributed by atoms with E-state index in [1.807, 2.05) is 11.4 Å². The number of anilines is 1. The lowest BCUT2D eigenvalue weighted by molar-refractivity contribution is -0.121. The average Bonchev–Trinajstić information content (AvgIpc) is 3.11. The van der Waals surface area contributed by atoms with Gasteiger partial charge in [0.2, 0.25) is 5.91 Å². The maximum Gasteiger partial charge on any atom is 0.263 e. The third-order valence-corrected chi connectivity index (χ3v) is 4.93. The summed E-state index contributed by atoms with van der Waals surface area (Å²) in [7, 11) is 0. The third kappa shape index (κ3) is 3.62. The predicted octanol–water partition coefficient (Wildman–Crippen LogP) is 3.52. The van der Waals surface area contributed by atoms with Crippen LogP contribution in [0.3, 0.4) is 0 Å². The van der Waals surface area contributed by atoms with E-state index >= 15 is 0 Å². The van der Waals surface area contributed by atoms with Crippen LogP contribution in [0.1, 0.15) is 22.5 Å². The highest BCUT2D eigenvalue weighted by atomic mass is 32.1. The molecule has 4 nitrogen and oxygen atoms in total. The first-order chi connectivity index (χ1) is 11.5. The lowest BCUT2D eigenvalue weighted by Gasteiger charge is -2.31. The van der Waals surface area contributed by atoms with Gasteiger partial charge < -0.3 is 10.2 Å². The Hall–Kier alpha value is -2.28. The van der Waals surface area contributed by atoms with Crippen molar-refractivity contribution in [3.05, 3.63) is 52.2 Å². The van der Waals surface area contributed by atoms with Crippen molar-refractivity contribution in [3.63, 3.8) is 0 Å². The number of amides is 2. The third-order valence-electron chi connectivity index (χ3n) is 4.07. The average molecular weight is 350 g/mol. The first-order valence-electron chi connectivity index (χ1n) is 7.63. The van der Waals surface area contributed by atoms with Gasteiger partial charge in [0.25, 0.3) is 5.91 Å². The number of hydrogen-bond acceptors (Lipinski definition) is 3. The molecular formula is C17H16F2N2O2S. The number of hydrogen-bond donors (Lipinski definition) is 1. The summed E-state index contributed by atoms with van der Waals surface area (Å²) in [5.74, 6) is -2.10. The molecule has 1 saturated heterocycles. The van der Waals surface area contributed by atoms with E-state index in [4.69, 9.17) is 0 Å². The number of thiophene rings is 1. The van der Waals surface area contributed by atoms with Gasteiger partial charge in [-0.1, -0.05) is 6.07 Å². The van der Waals surface area contributed by atoms with Crippen LogP contribution >= 0.6 is 11.3 Å². The smallest absolute Gasteiger partial charge is 0.263 e. The van der Waals surface area contributed by atoms with E-state index in [2.05, 4.69) is 5.32 Å². The van der Waals surface area contributed by atoms with Crippen LogP contribution in [0.25, 0.3) is 0 Å². The van der Waals surface area contributed by atoms with Crippen LogP contribution in [0.5, 0.6) is 0 Å². The van der Waals surface area contributed by atoms with Crippen LogP contribution in [0.2, 0.25) is 0 Å². The molecule has 0 spiro atoms.